The van der Waals surface area contributed by atoms with Crippen molar-refractivity contribution in [3.8, 4) is 0 Å². The summed E-state index contributed by atoms with van der Waals surface area (Å²) in [6.45, 7) is 0. The summed E-state index contributed by atoms with van der Waals surface area (Å²) >= 11 is 0. The fraction of sp³-hybridized carbons (Fsp3) is 0.375. The third kappa shape index (κ3) is 2.56. The van der Waals surface area contributed by atoms with Crippen LogP contribution >= 0.6 is 12.4 Å². The number of nitrogens with one attached hydrogen (secondary N) is 1. The van der Waals surface area contributed by atoms with Crippen LogP contribution in [0.5, 0.6) is 0 Å². The zero-order valence-electron chi connectivity index (χ0n) is 7.34. The molecular formula is C8H10ClN3O2. The molecule has 14 heavy (non-hydrogen) atoms. The van der Waals surface area contributed by atoms with E-state index in [1.165, 1.54) is 18.3 Å². The van der Waals surface area contributed by atoms with Crippen LogP contribution in [0, 0.1) is 10.1 Å². The molecule has 1 N–H and O–H groups in total. The van der Waals surface area contributed by atoms with Gasteiger partial charge in [0.1, 0.15) is 5.82 Å². The van der Waals surface area contributed by atoms with Crippen molar-refractivity contribution in [1.29, 1.82) is 0 Å². The number of hydrogen-bond donors (Lipinski definition) is 1. The highest BCUT2D eigenvalue weighted by Gasteiger charge is 2.21. The fourth-order valence-electron chi connectivity index (χ4n) is 1.05. The Morgan fingerprint density at radius 2 is 2.29 bits per heavy atom. The molecule has 0 aromatic carbocycles. The molecule has 0 aliphatic heterocycles. The smallest absolute Gasteiger partial charge is 0.274 e. The Bertz CT molecular complexity index is 341. The van der Waals surface area contributed by atoms with Crippen LogP contribution in [-0.2, 0) is 0 Å². The molecule has 1 saturated carbocycles. The van der Waals surface area contributed by atoms with Crippen LogP contribution in [0.4, 0.5) is 11.5 Å². The molecule has 0 unspecified atom stereocenters. The van der Waals surface area contributed by atoms with E-state index in [1.54, 1.807) is 0 Å². The van der Waals surface area contributed by atoms with Crippen LogP contribution in [0.25, 0.3) is 0 Å². The maximum atomic E-state index is 10.4. The van der Waals surface area contributed by atoms with Crippen molar-refractivity contribution in [3.63, 3.8) is 0 Å². The summed E-state index contributed by atoms with van der Waals surface area (Å²) in [6.07, 6.45) is 3.71. The minimum Gasteiger partial charge on any atom is -0.367 e. The Morgan fingerprint density at radius 3 is 2.86 bits per heavy atom. The Labute approximate surface area is 87.1 Å². The van der Waals surface area contributed by atoms with Gasteiger partial charge >= 0.3 is 0 Å². The zero-order valence-corrected chi connectivity index (χ0v) is 8.16. The van der Waals surface area contributed by atoms with E-state index in [1.807, 2.05) is 0 Å². The molecule has 6 heteroatoms. The van der Waals surface area contributed by atoms with Crippen molar-refractivity contribution in [2.75, 3.05) is 5.32 Å². The number of anilines is 1. The largest absolute Gasteiger partial charge is 0.367 e. The molecule has 76 valence electrons. The van der Waals surface area contributed by atoms with Crippen molar-refractivity contribution in [3.05, 3.63) is 28.4 Å². The Balaban J connectivity index is 0.000000980. The van der Waals surface area contributed by atoms with Gasteiger partial charge < -0.3 is 5.32 Å². The lowest BCUT2D eigenvalue weighted by Gasteiger charge is -2.01. The number of rotatable bonds is 3. The molecule has 2 rings (SSSR count). The second-order valence-corrected chi connectivity index (χ2v) is 3.08. The predicted octanol–water partition coefficient (Wildman–Crippen LogP) is 1.99. The van der Waals surface area contributed by atoms with Gasteiger partial charge in [0.2, 0.25) is 0 Å². The number of aromatic nitrogens is 1. The molecule has 1 aromatic heterocycles. The van der Waals surface area contributed by atoms with Gasteiger partial charge in [-0.2, -0.15) is 0 Å². The van der Waals surface area contributed by atoms with Crippen molar-refractivity contribution >= 4 is 23.9 Å². The number of nitrogens with zero attached hydrogens (tertiary/aromatic N) is 2. The standard InChI is InChI=1S/C8H9N3O2.ClH/c12-11(13)7-3-4-9-8(5-7)10-6-1-2-6;/h3-6H,1-2H2,(H,9,10);1H. The Morgan fingerprint density at radius 1 is 1.57 bits per heavy atom. The van der Waals surface area contributed by atoms with E-state index in [0.29, 0.717) is 11.9 Å². The molecule has 0 radical (unpaired) electrons. The SMILES string of the molecule is Cl.O=[N+]([O-])c1ccnc(NC2CC2)c1. The lowest BCUT2D eigenvalue weighted by Crippen LogP contribution is -2.03. The van der Waals surface area contributed by atoms with Gasteiger partial charge in [-0.3, -0.25) is 10.1 Å². The molecule has 1 aliphatic rings. The van der Waals surface area contributed by atoms with Crippen LogP contribution in [0.2, 0.25) is 0 Å². The van der Waals surface area contributed by atoms with Crippen LogP contribution in [0.15, 0.2) is 18.3 Å². The van der Waals surface area contributed by atoms with Crippen molar-refractivity contribution in [2.45, 2.75) is 18.9 Å². The predicted molar refractivity (Wildman–Crippen MR) is 54.8 cm³/mol. The van der Waals surface area contributed by atoms with Crippen molar-refractivity contribution in [2.24, 2.45) is 0 Å². The van der Waals surface area contributed by atoms with Gasteiger partial charge in [0, 0.05) is 18.3 Å². The van der Waals surface area contributed by atoms with E-state index >= 15 is 0 Å². The Kier molecular flexibility index (Phi) is 3.24. The summed E-state index contributed by atoms with van der Waals surface area (Å²) in [4.78, 5) is 14.0. The number of hydrogen-bond acceptors (Lipinski definition) is 4. The van der Waals surface area contributed by atoms with E-state index in [4.69, 9.17) is 0 Å². The molecule has 0 spiro atoms. The number of pyridine rings is 1. The van der Waals surface area contributed by atoms with Gasteiger partial charge in [-0.1, -0.05) is 0 Å². The molecule has 0 bridgehead atoms. The molecule has 0 saturated heterocycles. The molecule has 1 heterocycles. The first-order valence-electron chi connectivity index (χ1n) is 4.13. The first-order valence-corrected chi connectivity index (χ1v) is 4.13. The maximum Gasteiger partial charge on any atom is 0.274 e. The third-order valence-corrected chi connectivity index (χ3v) is 1.88. The summed E-state index contributed by atoms with van der Waals surface area (Å²) in [5.41, 5.74) is 0.0816. The molecule has 1 aliphatic carbocycles. The average Bonchev–Trinajstić information content (AvgIpc) is 2.89. The van der Waals surface area contributed by atoms with Crippen LogP contribution in [0.1, 0.15) is 12.8 Å². The van der Waals surface area contributed by atoms with Crippen molar-refractivity contribution in [1.82, 2.24) is 4.98 Å². The number of halogens is 1. The summed E-state index contributed by atoms with van der Waals surface area (Å²) in [5, 5.41) is 13.5. The van der Waals surface area contributed by atoms with E-state index in [0.717, 1.165) is 12.8 Å². The molecule has 5 nitrogen and oxygen atoms in total. The first-order chi connectivity index (χ1) is 6.25. The molecule has 1 fully saturated rings. The third-order valence-electron chi connectivity index (χ3n) is 1.88. The van der Waals surface area contributed by atoms with Crippen LogP contribution in [-0.4, -0.2) is 15.9 Å². The van der Waals surface area contributed by atoms with E-state index in [2.05, 4.69) is 10.3 Å². The normalized spacial score (nSPS) is 14.3. The van der Waals surface area contributed by atoms with Crippen molar-refractivity contribution < 1.29 is 4.92 Å². The monoisotopic (exact) mass is 215 g/mol. The maximum absolute atomic E-state index is 10.4. The highest BCUT2D eigenvalue weighted by atomic mass is 35.5. The molecular weight excluding hydrogens is 206 g/mol. The topological polar surface area (TPSA) is 68.1 Å². The summed E-state index contributed by atoms with van der Waals surface area (Å²) in [7, 11) is 0. The summed E-state index contributed by atoms with van der Waals surface area (Å²) in [5.74, 6) is 0.594. The molecule has 1 aromatic rings. The second kappa shape index (κ2) is 4.23. The number of nitro groups is 1. The van der Waals surface area contributed by atoms with Gasteiger partial charge in [-0.05, 0) is 12.8 Å². The van der Waals surface area contributed by atoms with Crippen LogP contribution in [0.3, 0.4) is 0 Å². The minimum absolute atomic E-state index is 0. The highest BCUT2D eigenvalue weighted by molar-refractivity contribution is 5.85. The first kappa shape index (κ1) is 10.7. The van der Waals surface area contributed by atoms with Gasteiger partial charge in [0.15, 0.2) is 0 Å². The fourth-order valence-corrected chi connectivity index (χ4v) is 1.05. The van der Waals surface area contributed by atoms with E-state index in [9.17, 15) is 10.1 Å². The summed E-state index contributed by atoms with van der Waals surface area (Å²) in [6, 6.07) is 3.31. The molecule has 0 atom stereocenters. The minimum atomic E-state index is -0.417. The van der Waals surface area contributed by atoms with E-state index < -0.39 is 4.92 Å². The lowest BCUT2D eigenvalue weighted by atomic mass is 10.4. The second-order valence-electron chi connectivity index (χ2n) is 3.08. The quantitative estimate of drug-likeness (QED) is 0.619. The van der Waals surface area contributed by atoms with Gasteiger partial charge in [0.25, 0.3) is 5.69 Å². The zero-order chi connectivity index (χ0) is 9.26. The van der Waals surface area contributed by atoms with Crippen LogP contribution < -0.4 is 5.32 Å². The lowest BCUT2D eigenvalue weighted by molar-refractivity contribution is -0.384. The highest BCUT2D eigenvalue weighted by Crippen LogP contribution is 2.24. The van der Waals surface area contributed by atoms with E-state index in [-0.39, 0.29) is 18.1 Å². The van der Waals surface area contributed by atoms with Gasteiger partial charge in [0.05, 0.1) is 11.0 Å². The average molecular weight is 216 g/mol. The summed E-state index contributed by atoms with van der Waals surface area (Å²) < 4.78 is 0. The molecule has 0 amide bonds. The van der Waals surface area contributed by atoms with Gasteiger partial charge in [-0.15, -0.1) is 12.4 Å². The van der Waals surface area contributed by atoms with Gasteiger partial charge in [-0.25, -0.2) is 4.98 Å². The Hall–Kier alpha value is -1.36.